The molecule has 130 valence electrons. The zero-order valence-electron chi connectivity index (χ0n) is 14.8. The Morgan fingerprint density at radius 2 is 2.00 bits per heavy atom. The molecule has 1 aliphatic carbocycles. The molecule has 2 atom stereocenters. The SMILES string of the molecule is Cc1nc(SCC(=O)N[C@H]2CCCC[C@H]2C)c2c(C)c(C)sc2n1. The smallest absolute Gasteiger partial charge is 0.230 e. The summed E-state index contributed by atoms with van der Waals surface area (Å²) in [6.07, 6.45) is 4.84. The fraction of sp³-hybridized carbons (Fsp3) is 0.611. The second-order valence-corrected chi connectivity index (χ2v) is 8.93. The average Bonchev–Trinajstić information content (AvgIpc) is 2.81. The third-order valence-electron chi connectivity index (χ3n) is 4.91. The molecule has 0 saturated heterocycles. The lowest BCUT2D eigenvalue weighted by Gasteiger charge is -2.29. The zero-order valence-corrected chi connectivity index (χ0v) is 16.4. The number of hydrogen-bond acceptors (Lipinski definition) is 5. The Morgan fingerprint density at radius 3 is 2.75 bits per heavy atom. The Morgan fingerprint density at radius 1 is 1.25 bits per heavy atom. The van der Waals surface area contributed by atoms with Gasteiger partial charge < -0.3 is 5.32 Å². The summed E-state index contributed by atoms with van der Waals surface area (Å²) in [5.74, 6) is 1.89. The van der Waals surface area contributed by atoms with Crippen LogP contribution in [0.2, 0.25) is 0 Å². The van der Waals surface area contributed by atoms with Gasteiger partial charge in [0, 0.05) is 16.3 Å². The van der Waals surface area contributed by atoms with Gasteiger partial charge in [0.05, 0.1) is 5.75 Å². The van der Waals surface area contributed by atoms with Crippen molar-refractivity contribution in [3.8, 4) is 0 Å². The van der Waals surface area contributed by atoms with Gasteiger partial charge in [-0.3, -0.25) is 4.79 Å². The van der Waals surface area contributed by atoms with Gasteiger partial charge in [-0.05, 0) is 45.1 Å². The van der Waals surface area contributed by atoms with E-state index in [0.29, 0.717) is 17.7 Å². The first-order chi connectivity index (χ1) is 11.5. The van der Waals surface area contributed by atoms with Crippen molar-refractivity contribution in [3.05, 3.63) is 16.3 Å². The van der Waals surface area contributed by atoms with Crippen LogP contribution in [0.5, 0.6) is 0 Å². The number of thioether (sulfide) groups is 1. The Kier molecular flexibility index (Phi) is 5.45. The summed E-state index contributed by atoms with van der Waals surface area (Å²) in [4.78, 5) is 23.8. The lowest BCUT2D eigenvalue weighted by Crippen LogP contribution is -2.41. The van der Waals surface area contributed by atoms with E-state index in [1.807, 2.05) is 6.92 Å². The van der Waals surface area contributed by atoms with Crippen molar-refractivity contribution >= 4 is 39.2 Å². The van der Waals surface area contributed by atoms with E-state index in [1.54, 1.807) is 11.3 Å². The molecule has 3 rings (SSSR count). The second-order valence-electron chi connectivity index (χ2n) is 6.76. The number of carbonyl (C=O) groups is 1. The molecule has 4 nitrogen and oxygen atoms in total. The maximum atomic E-state index is 12.4. The maximum Gasteiger partial charge on any atom is 0.230 e. The van der Waals surface area contributed by atoms with Crippen molar-refractivity contribution in [2.24, 2.45) is 5.92 Å². The van der Waals surface area contributed by atoms with Crippen LogP contribution in [0.3, 0.4) is 0 Å². The number of carbonyl (C=O) groups excluding carboxylic acids is 1. The number of hydrogen-bond donors (Lipinski definition) is 1. The highest BCUT2D eigenvalue weighted by Crippen LogP contribution is 2.35. The molecule has 2 aromatic heterocycles. The molecule has 0 aromatic carbocycles. The van der Waals surface area contributed by atoms with Crippen molar-refractivity contribution < 1.29 is 4.79 Å². The normalized spacial score (nSPS) is 21.2. The van der Waals surface area contributed by atoms with Gasteiger partial charge in [0.2, 0.25) is 5.91 Å². The number of amides is 1. The number of fused-ring (bicyclic) bond motifs is 1. The first-order valence-corrected chi connectivity index (χ1v) is 10.4. The molecule has 0 unspecified atom stereocenters. The number of thiophene rings is 1. The van der Waals surface area contributed by atoms with E-state index in [-0.39, 0.29) is 5.91 Å². The van der Waals surface area contributed by atoms with Gasteiger partial charge in [-0.1, -0.05) is 31.5 Å². The van der Waals surface area contributed by atoms with Crippen LogP contribution < -0.4 is 5.32 Å². The third kappa shape index (κ3) is 3.75. The molecule has 1 N–H and O–H groups in total. The summed E-state index contributed by atoms with van der Waals surface area (Å²) < 4.78 is 0. The average molecular weight is 364 g/mol. The van der Waals surface area contributed by atoms with Crippen molar-refractivity contribution in [2.75, 3.05) is 5.75 Å². The highest BCUT2D eigenvalue weighted by molar-refractivity contribution is 8.00. The van der Waals surface area contributed by atoms with Crippen LogP contribution in [-0.2, 0) is 4.79 Å². The molecule has 6 heteroatoms. The predicted octanol–water partition coefficient (Wildman–Crippen LogP) is 4.40. The van der Waals surface area contributed by atoms with Gasteiger partial charge in [0.15, 0.2) is 0 Å². The number of aromatic nitrogens is 2. The van der Waals surface area contributed by atoms with Crippen LogP contribution >= 0.6 is 23.1 Å². The minimum Gasteiger partial charge on any atom is -0.352 e. The molecule has 2 aromatic rings. The van der Waals surface area contributed by atoms with Crippen molar-refractivity contribution in [1.29, 1.82) is 0 Å². The molecule has 2 heterocycles. The van der Waals surface area contributed by atoms with E-state index >= 15 is 0 Å². The van der Waals surface area contributed by atoms with E-state index < -0.39 is 0 Å². The fourth-order valence-corrected chi connectivity index (χ4v) is 5.41. The molecule has 0 aliphatic heterocycles. The lowest BCUT2D eigenvalue weighted by molar-refractivity contribution is -0.119. The predicted molar refractivity (Wildman–Crippen MR) is 102 cm³/mol. The minimum absolute atomic E-state index is 0.118. The van der Waals surface area contributed by atoms with E-state index in [4.69, 9.17) is 0 Å². The monoisotopic (exact) mass is 363 g/mol. The fourth-order valence-electron chi connectivity index (χ4n) is 3.33. The highest BCUT2D eigenvalue weighted by Gasteiger charge is 2.23. The number of aryl methyl sites for hydroxylation is 3. The first-order valence-electron chi connectivity index (χ1n) is 8.62. The summed E-state index contributed by atoms with van der Waals surface area (Å²) >= 11 is 3.24. The second kappa shape index (κ2) is 7.40. The van der Waals surface area contributed by atoms with Gasteiger partial charge in [-0.2, -0.15) is 0 Å². The molecule has 1 amide bonds. The summed E-state index contributed by atoms with van der Waals surface area (Å²) in [7, 11) is 0. The Balaban J connectivity index is 1.70. The van der Waals surface area contributed by atoms with Crippen molar-refractivity contribution in [2.45, 2.75) is 64.4 Å². The summed E-state index contributed by atoms with van der Waals surface area (Å²) in [6.45, 7) is 8.38. The number of nitrogens with one attached hydrogen (secondary N) is 1. The van der Waals surface area contributed by atoms with Crippen LogP contribution in [0.4, 0.5) is 0 Å². The van der Waals surface area contributed by atoms with Gasteiger partial charge in [-0.15, -0.1) is 11.3 Å². The molecule has 24 heavy (non-hydrogen) atoms. The van der Waals surface area contributed by atoms with Gasteiger partial charge in [0.1, 0.15) is 15.7 Å². The maximum absolute atomic E-state index is 12.4. The van der Waals surface area contributed by atoms with Crippen molar-refractivity contribution in [1.82, 2.24) is 15.3 Å². The standard InChI is InChI=1S/C18H25N3OS2/c1-10-7-5-6-8-14(10)21-15(22)9-23-17-16-11(2)12(3)24-18(16)20-13(4)19-17/h10,14H,5-9H2,1-4H3,(H,21,22)/t10-,14+/m1/s1. The van der Waals surface area contributed by atoms with Gasteiger partial charge in [-0.25, -0.2) is 9.97 Å². The van der Waals surface area contributed by atoms with Crippen LogP contribution in [0.25, 0.3) is 10.2 Å². The van der Waals surface area contributed by atoms with Crippen molar-refractivity contribution in [3.63, 3.8) is 0 Å². The van der Waals surface area contributed by atoms with Crippen LogP contribution in [0.15, 0.2) is 5.03 Å². The van der Waals surface area contributed by atoms with E-state index in [9.17, 15) is 4.79 Å². The molecule has 0 spiro atoms. The third-order valence-corrected chi connectivity index (χ3v) is 6.98. The van der Waals surface area contributed by atoms with Crippen LogP contribution in [0.1, 0.15) is 48.9 Å². The zero-order chi connectivity index (χ0) is 17.3. The molecule has 1 fully saturated rings. The quantitative estimate of drug-likeness (QED) is 0.646. The summed E-state index contributed by atoms with van der Waals surface area (Å²) in [5.41, 5.74) is 1.24. The van der Waals surface area contributed by atoms with E-state index in [2.05, 4.69) is 36.1 Å². The molecule has 1 saturated carbocycles. The molecule has 0 bridgehead atoms. The Hall–Kier alpha value is -1.14. The largest absolute Gasteiger partial charge is 0.352 e. The number of nitrogens with zero attached hydrogens (tertiary/aromatic N) is 2. The molecule has 0 radical (unpaired) electrons. The summed E-state index contributed by atoms with van der Waals surface area (Å²) in [6, 6.07) is 0.337. The van der Waals surface area contributed by atoms with E-state index in [1.165, 1.54) is 41.5 Å². The van der Waals surface area contributed by atoms with Crippen LogP contribution in [-0.4, -0.2) is 27.7 Å². The summed E-state index contributed by atoms with van der Waals surface area (Å²) in [5, 5.41) is 5.27. The van der Waals surface area contributed by atoms with Gasteiger partial charge >= 0.3 is 0 Å². The number of rotatable bonds is 4. The minimum atomic E-state index is 0.118. The molecular weight excluding hydrogens is 338 g/mol. The lowest BCUT2D eigenvalue weighted by atomic mass is 9.86. The molecular formula is C18H25N3OS2. The van der Waals surface area contributed by atoms with E-state index in [0.717, 1.165) is 27.5 Å². The first kappa shape index (κ1) is 17.7. The molecule has 1 aliphatic rings. The van der Waals surface area contributed by atoms with Gasteiger partial charge in [0.25, 0.3) is 0 Å². The van der Waals surface area contributed by atoms with Crippen LogP contribution in [0, 0.1) is 26.7 Å². The Bertz CT molecular complexity index is 756. The highest BCUT2D eigenvalue weighted by atomic mass is 32.2. The topological polar surface area (TPSA) is 54.9 Å². The Labute approximate surface area is 151 Å².